The van der Waals surface area contributed by atoms with Crippen LogP contribution in [0.5, 0.6) is 0 Å². The van der Waals surface area contributed by atoms with Gasteiger partial charge in [0.15, 0.2) is 21.9 Å². The van der Waals surface area contributed by atoms with Crippen molar-refractivity contribution >= 4 is 106 Å². The number of benzene rings is 2. The first-order chi connectivity index (χ1) is 42.9. The second-order valence-corrected chi connectivity index (χ2v) is 30.3. The highest BCUT2D eigenvalue weighted by molar-refractivity contribution is 6.32. The lowest BCUT2D eigenvalue weighted by Gasteiger charge is -2.51. The van der Waals surface area contributed by atoms with Gasteiger partial charge in [-0.1, -0.05) is 86.2 Å². The zero-order chi connectivity index (χ0) is 65.9. The number of nitrogens with two attached hydrogens (primary N) is 1. The van der Waals surface area contributed by atoms with Gasteiger partial charge in [-0.2, -0.15) is 0 Å². The number of carboxylic acid groups (broad SMARTS) is 1. The molecular formula is C68H85Cl5F2N8O9. The summed E-state index contributed by atoms with van der Waals surface area (Å²) in [6.45, 7) is 9.79. The average molecular weight is 1370 g/mol. The Hall–Kier alpha value is -5.09. The van der Waals surface area contributed by atoms with Gasteiger partial charge in [0.05, 0.1) is 43.7 Å². The first kappa shape index (κ1) is 71.2. The molecule has 92 heavy (non-hydrogen) atoms. The zero-order valence-electron chi connectivity index (χ0n) is 53.4. The van der Waals surface area contributed by atoms with Gasteiger partial charge < -0.3 is 40.7 Å². The molecular weight excluding hydrogens is 1290 g/mol. The lowest BCUT2D eigenvalue weighted by Crippen LogP contribution is -2.61. The van der Waals surface area contributed by atoms with Gasteiger partial charge in [0.1, 0.15) is 17.2 Å². The minimum atomic E-state index is -1.36. The van der Waals surface area contributed by atoms with E-state index in [2.05, 4.69) is 53.6 Å². The van der Waals surface area contributed by atoms with Gasteiger partial charge >= 0.3 is 5.97 Å². The topological polar surface area (TPSA) is 235 Å². The normalized spacial score (nSPS) is 29.2. The van der Waals surface area contributed by atoms with Crippen molar-refractivity contribution in [2.45, 2.75) is 183 Å². The fourth-order valence-corrected chi connectivity index (χ4v) is 17.2. The molecule has 1 unspecified atom stereocenters. The van der Waals surface area contributed by atoms with Crippen LogP contribution in [0.15, 0.2) is 60.9 Å². The first-order valence-electron chi connectivity index (χ1n) is 31.6. The molecule has 7 heterocycles. The molecule has 3 saturated heterocycles. The molecule has 8 aliphatic rings. The zero-order valence-corrected chi connectivity index (χ0v) is 57.2. The molecule has 4 amide bonds. The van der Waals surface area contributed by atoms with Gasteiger partial charge in [0, 0.05) is 97.8 Å². The van der Waals surface area contributed by atoms with E-state index in [1.807, 2.05) is 6.07 Å². The maximum absolute atomic E-state index is 16.1. The van der Waals surface area contributed by atoms with E-state index >= 15 is 8.78 Å². The Kier molecular flexibility index (Phi) is 21.3. The molecule has 0 radical (unpaired) electrons. The van der Waals surface area contributed by atoms with E-state index in [0.717, 1.165) is 63.4 Å². The predicted octanol–water partition coefficient (Wildman–Crippen LogP) is 12.6. The van der Waals surface area contributed by atoms with E-state index in [1.54, 1.807) is 74.4 Å². The number of hydrogen-bond donors (Lipinski definition) is 5. The van der Waals surface area contributed by atoms with Crippen molar-refractivity contribution in [2.75, 3.05) is 52.0 Å². The summed E-state index contributed by atoms with van der Waals surface area (Å²) in [5.41, 5.74) is 4.68. The van der Waals surface area contributed by atoms with Crippen molar-refractivity contribution in [2.24, 2.45) is 33.8 Å². The number of carbonyl (C=O) groups excluding carboxylic acids is 5. The molecule has 3 saturated carbocycles. The fraction of sp³-hybridized carbons (Fsp3) is 0.588. The maximum atomic E-state index is 16.1. The number of fused-ring (bicyclic) bond motifs is 6. The summed E-state index contributed by atoms with van der Waals surface area (Å²) in [5.74, 6) is -5.49. The van der Waals surface area contributed by atoms with E-state index in [0.29, 0.717) is 78.7 Å². The number of Topliss-reactive ketones (excluding diaryl/α,β-unsaturated/α-hetero) is 1. The number of carbonyl (C=O) groups is 6. The van der Waals surface area contributed by atoms with Crippen LogP contribution in [0.3, 0.4) is 0 Å². The lowest BCUT2D eigenvalue weighted by atomic mass is 9.51. The molecule has 500 valence electrons. The number of aromatic nitrogens is 2. The van der Waals surface area contributed by atoms with E-state index in [9.17, 15) is 33.9 Å². The van der Waals surface area contributed by atoms with Crippen molar-refractivity contribution in [1.29, 1.82) is 0 Å². The number of rotatable bonds is 10. The highest BCUT2D eigenvalue weighted by Gasteiger charge is 2.74. The third-order valence-corrected chi connectivity index (χ3v) is 22.6. The maximum Gasteiger partial charge on any atom is 0.321 e. The first-order valence-corrected chi connectivity index (χ1v) is 33.2. The molecule has 2 aromatic carbocycles. The number of aliphatic carboxylic acids is 1. The van der Waals surface area contributed by atoms with E-state index in [-0.39, 0.29) is 105 Å². The largest absolute Gasteiger partial charge is 0.480 e. The molecule has 4 spiro atoms. The van der Waals surface area contributed by atoms with Gasteiger partial charge in [-0.15, -0.1) is 12.4 Å². The lowest BCUT2D eigenvalue weighted by molar-refractivity contribution is -0.140. The number of ketones is 1. The fourth-order valence-electron chi connectivity index (χ4n) is 16.6. The van der Waals surface area contributed by atoms with Crippen LogP contribution in [-0.4, -0.2) is 131 Å². The molecule has 24 heteroatoms. The van der Waals surface area contributed by atoms with E-state index in [4.69, 9.17) is 61.6 Å². The number of nitrogens with zero attached hydrogens (tertiary/aromatic N) is 4. The Labute approximate surface area is 563 Å². The number of anilines is 2. The van der Waals surface area contributed by atoms with E-state index in [1.165, 1.54) is 18.5 Å². The Morgan fingerprint density at radius 3 is 1.58 bits per heavy atom. The third-order valence-electron chi connectivity index (χ3n) is 21.6. The average Bonchev–Trinajstić information content (AvgIpc) is 1.51. The summed E-state index contributed by atoms with van der Waals surface area (Å²) < 4.78 is 43.0. The molecule has 2 aromatic heterocycles. The van der Waals surface area contributed by atoms with Gasteiger partial charge in [-0.05, 0) is 164 Å². The molecule has 17 nitrogen and oxygen atoms in total. The van der Waals surface area contributed by atoms with Crippen molar-refractivity contribution in [3.05, 3.63) is 115 Å². The van der Waals surface area contributed by atoms with Crippen molar-refractivity contribution in [3.8, 4) is 0 Å². The molecule has 3 aliphatic carbocycles. The Morgan fingerprint density at radius 1 is 0.641 bits per heavy atom. The number of hydrogen-bond acceptors (Lipinski definition) is 12. The minimum Gasteiger partial charge on any atom is -0.480 e. The van der Waals surface area contributed by atoms with Gasteiger partial charge in [0.2, 0.25) is 23.6 Å². The minimum absolute atomic E-state index is 0. The van der Waals surface area contributed by atoms with Gasteiger partial charge in [-0.3, -0.25) is 34.1 Å². The van der Waals surface area contributed by atoms with Gasteiger partial charge in [0.25, 0.3) is 0 Å². The molecule has 12 rings (SSSR count). The quantitative estimate of drug-likeness (QED) is 0.0931. The summed E-state index contributed by atoms with van der Waals surface area (Å²) in [6.07, 6.45) is 13.6. The standard InChI is InChI=1S/C35H42Cl2FN3O4.C24H24Cl2FN3O3.C9H18N2O2.ClH/c1-33(2)10-12-34(13-11-33)18-24(27(42)15-20-5-7-22(45-19-20)17-28(43)41(3)4)29(23-9-14-39-31(37)30(23)38)35(34)25-8-6-21(36)16-26(25)40-32(35)44;1-22(2)6-8-23(9-7-22)24(14-4-3-12(25)11-15(14)29-21(24)33)16(18(30-23)20(31)32)13-5-10-28-19(26)17(13)27;1-11(2)9(12)5-8-4-3-7(10)6-13-8;/h6,8-9,14,16,20,22,24,29H,5,7,10-13,15,17-19H2,1-4H3,(H,40,44);3-5,10-11,16,18,30H,6-9H2,1-2H3,(H,29,33)(H,31,32);7-8H,3-6,10H2,1-2H3;1H/t20-,22-,24-,29-,35+;16-,18+,24?;7-,8+;/m001./s1. The predicted molar refractivity (Wildman–Crippen MR) is 353 cm³/mol. The smallest absolute Gasteiger partial charge is 0.321 e. The monoisotopic (exact) mass is 1370 g/mol. The summed E-state index contributed by atoms with van der Waals surface area (Å²) in [4.78, 5) is 90.2. The Balaban J connectivity index is 0.000000186. The highest BCUT2D eigenvalue weighted by Crippen LogP contribution is 2.73. The second kappa shape index (κ2) is 27.6. The number of carboxylic acids is 1. The van der Waals surface area contributed by atoms with Crippen molar-refractivity contribution < 1.29 is 52.1 Å². The molecule has 10 atom stereocenters. The Bertz CT molecular complexity index is 3470. The van der Waals surface area contributed by atoms with Crippen LogP contribution in [0.2, 0.25) is 20.4 Å². The van der Waals surface area contributed by atoms with Crippen LogP contribution in [0.1, 0.15) is 165 Å². The highest BCUT2D eigenvalue weighted by atomic mass is 35.5. The molecule has 6 fully saturated rings. The van der Waals surface area contributed by atoms with Crippen LogP contribution in [0, 0.1) is 39.7 Å². The van der Waals surface area contributed by atoms with E-state index < -0.39 is 63.2 Å². The number of halogens is 7. The molecule has 5 aliphatic heterocycles. The number of ether oxygens (including phenoxy) is 2. The summed E-state index contributed by atoms with van der Waals surface area (Å²) in [7, 11) is 6.98. The second-order valence-electron chi connectivity index (χ2n) is 28.7. The number of nitrogens with one attached hydrogen (secondary N) is 3. The molecule has 0 bridgehead atoms. The van der Waals surface area contributed by atoms with Gasteiger partial charge in [-0.25, -0.2) is 18.7 Å². The number of amides is 4. The SMILES string of the molecule is CC1(C)CCC2(CC1)N[C@@H](C(=O)O)[C@H](c1ccnc(Cl)c1F)C21C(=O)Nc2cc(Cl)ccc21.CN(C)C(=O)C[C@@H]1CC[C@@H](CC(=O)[C@@H]2CC3(CCC(C)(C)CC3)[C@@]3(C(=O)Nc4cc(Cl)ccc43)[C@H]2c2ccnc(Cl)c2F)CO1.CN(C)C(=O)C[C@@H]1CC[C@@H](N)CO1.Cl. The Morgan fingerprint density at radius 2 is 1.11 bits per heavy atom. The van der Waals surface area contributed by atoms with Crippen LogP contribution in [0.25, 0.3) is 0 Å². The molecule has 6 N–H and O–H groups in total. The summed E-state index contributed by atoms with van der Waals surface area (Å²) in [6, 6.07) is 12.5. The van der Waals surface area contributed by atoms with Crippen LogP contribution < -0.4 is 21.7 Å². The summed E-state index contributed by atoms with van der Waals surface area (Å²) in [5, 5.41) is 19.9. The summed E-state index contributed by atoms with van der Waals surface area (Å²) >= 11 is 24.9. The van der Waals surface area contributed by atoms with Crippen LogP contribution in [0.4, 0.5) is 20.2 Å². The number of pyridine rings is 2. The van der Waals surface area contributed by atoms with Crippen LogP contribution >= 0.6 is 58.8 Å². The third kappa shape index (κ3) is 13.2. The van der Waals surface area contributed by atoms with Crippen molar-refractivity contribution in [3.63, 3.8) is 0 Å². The van der Waals surface area contributed by atoms with Crippen molar-refractivity contribution in [1.82, 2.24) is 25.1 Å². The molecule has 4 aromatic rings. The van der Waals surface area contributed by atoms with Crippen LogP contribution in [-0.2, 0) is 49.1 Å².